The minimum Gasteiger partial charge on any atom is -0.457 e. The lowest BCUT2D eigenvalue weighted by Gasteiger charge is -2.24. The van der Waals surface area contributed by atoms with Gasteiger partial charge in [-0.05, 0) is 74.6 Å². The van der Waals surface area contributed by atoms with Crippen molar-refractivity contribution in [3.63, 3.8) is 0 Å². The van der Waals surface area contributed by atoms with Crippen LogP contribution in [-0.4, -0.2) is 54.8 Å². The van der Waals surface area contributed by atoms with E-state index in [4.69, 9.17) is 16.0 Å². The molecular formula is C26H23ClFN3O3. The van der Waals surface area contributed by atoms with Gasteiger partial charge in [-0.2, -0.15) is 0 Å². The first kappa shape index (κ1) is 22.4. The molecule has 3 aromatic rings. The molecule has 6 nitrogen and oxygen atoms in total. The predicted octanol–water partition coefficient (Wildman–Crippen LogP) is 5.01. The van der Waals surface area contributed by atoms with Gasteiger partial charge in [-0.1, -0.05) is 11.6 Å². The third kappa shape index (κ3) is 4.13. The Hall–Kier alpha value is -3.42. The number of benzene rings is 2. The second kappa shape index (κ2) is 8.74. The van der Waals surface area contributed by atoms with E-state index in [1.165, 1.54) is 18.2 Å². The van der Waals surface area contributed by atoms with Crippen molar-refractivity contribution >= 4 is 40.8 Å². The lowest BCUT2D eigenvalue weighted by molar-refractivity contribution is -0.110. The number of fused-ring (bicyclic) bond motifs is 1. The summed E-state index contributed by atoms with van der Waals surface area (Å²) in [5, 5.41) is 3.16. The Morgan fingerprint density at radius 3 is 2.79 bits per heavy atom. The van der Waals surface area contributed by atoms with Gasteiger partial charge < -0.3 is 19.5 Å². The molecule has 0 spiro atoms. The van der Waals surface area contributed by atoms with Gasteiger partial charge in [0, 0.05) is 42.0 Å². The average molecular weight is 480 g/mol. The molecule has 1 aromatic heterocycles. The van der Waals surface area contributed by atoms with Gasteiger partial charge in [0.2, 0.25) is 0 Å². The van der Waals surface area contributed by atoms with Gasteiger partial charge in [0.15, 0.2) is 0 Å². The molecule has 2 aliphatic heterocycles. The molecule has 3 heterocycles. The minimum atomic E-state index is -0.427. The van der Waals surface area contributed by atoms with Gasteiger partial charge >= 0.3 is 0 Å². The van der Waals surface area contributed by atoms with Crippen molar-refractivity contribution in [2.45, 2.75) is 12.5 Å². The second-order valence-corrected chi connectivity index (χ2v) is 9.13. The van der Waals surface area contributed by atoms with Crippen molar-refractivity contribution in [2.75, 3.05) is 32.5 Å². The molecule has 0 bridgehead atoms. The van der Waals surface area contributed by atoms with Gasteiger partial charge in [0.1, 0.15) is 17.3 Å². The van der Waals surface area contributed by atoms with Crippen LogP contribution < -0.4 is 5.32 Å². The molecule has 1 saturated heterocycles. The predicted molar refractivity (Wildman–Crippen MR) is 130 cm³/mol. The maximum absolute atomic E-state index is 13.7. The monoisotopic (exact) mass is 479 g/mol. The number of halogens is 2. The zero-order valence-electron chi connectivity index (χ0n) is 18.8. The second-order valence-electron chi connectivity index (χ2n) is 8.72. The van der Waals surface area contributed by atoms with Crippen LogP contribution in [0, 0.1) is 5.82 Å². The summed E-state index contributed by atoms with van der Waals surface area (Å²) in [6.45, 7) is 1.81. The van der Waals surface area contributed by atoms with Crippen molar-refractivity contribution in [2.24, 2.45) is 0 Å². The molecule has 1 fully saturated rings. The van der Waals surface area contributed by atoms with E-state index in [-0.39, 0.29) is 17.9 Å². The zero-order valence-corrected chi connectivity index (χ0v) is 19.5. The number of amides is 2. The SMILES string of the molecule is CN1CCC(N(C)C(=O)c2ccc(Cl)c(-c3ccc(/C=C4/C(=O)Nc5ccc(F)cc54)o3)c2)C1. The molecular weight excluding hydrogens is 457 g/mol. The number of nitrogens with zero attached hydrogens (tertiary/aromatic N) is 2. The fraction of sp³-hybridized carbons (Fsp3) is 0.231. The summed E-state index contributed by atoms with van der Waals surface area (Å²) in [6.07, 6.45) is 2.51. The summed E-state index contributed by atoms with van der Waals surface area (Å²) < 4.78 is 19.7. The molecule has 2 aliphatic rings. The van der Waals surface area contributed by atoms with Crippen molar-refractivity contribution in [3.8, 4) is 11.3 Å². The topological polar surface area (TPSA) is 65.8 Å². The van der Waals surface area contributed by atoms with Crippen LogP contribution in [0.2, 0.25) is 5.02 Å². The minimum absolute atomic E-state index is 0.0756. The molecule has 1 unspecified atom stereocenters. The van der Waals surface area contributed by atoms with Gasteiger partial charge in [-0.15, -0.1) is 0 Å². The first-order chi connectivity index (χ1) is 16.3. The number of likely N-dealkylation sites (N-methyl/N-ethyl adjacent to an activating group) is 2. The van der Waals surface area contributed by atoms with E-state index in [0.717, 1.165) is 19.5 Å². The van der Waals surface area contributed by atoms with E-state index < -0.39 is 5.82 Å². The number of hydrogen-bond acceptors (Lipinski definition) is 4. The summed E-state index contributed by atoms with van der Waals surface area (Å²) in [6, 6.07) is 12.9. The number of carbonyl (C=O) groups is 2. The normalized spacial score (nSPS) is 18.9. The maximum atomic E-state index is 13.7. The van der Waals surface area contributed by atoms with E-state index in [1.807, 2.05) is 14.1 Å². The van der Waals surface area contributed by atoms with E-state index in [0.29, 0.717) is 44.5 Å². The Morgan fingerprint density at radius 2 is 2.03 bits per heavy atom. The Balaban J connectivity index is 1.43. The third-order valence-corrected chi connectivity index (χ3v) is 6.72. The fourth-order valence-corrected chi connectivity index (χ4v) is 4.68. The number of nitrogens with one attached hydrogen (secondary N) is 1. The molecule has 5 rings (SSSR count). The summed E-state index contributed by atoms with van der Waals surface area (Å²) in [7, 11) is 3.87. The molecule has 2 aromatic carbocycles. The van der Waals surface area contributed by atoms with Crippen LogP contribution in [0.15, 0.2) is 52.9 Å². The molecule has 1 N–H and O–H groups in total. The van der Waals surface area contributed by atoms with Crippen LogP contribution in [0.25, 0.3) is 23.0 Å². The van der Waals surface area contributed by atoms with Crippen LogP contribution in [0.5, 0.6) is 0 Å². The molecule has 0 saturated carbocycles. The zero-order chi connectivity index (χ0) is 24.0. The molecule has 8 heteroatoms. The summed E-state index contributed by atoms with van der Waals surface area (Å²) >= 11 is 6.44. The third-order valence-electron chi connectivity index (χ3n) is 6.39. The molecule has 34 heavy (non-hydrogen) atoms. The average Bonchev–Trinajstić information content (AvgIpc) is 3.53. The van der Waals surface area contributed by atoms with Crippen LogP contribution >= 0.6 is 11.6 Å². The number of carbonyl (C=O) groups excluding carboxylic acids is 2. The van der Waals surface area contributed by atoms with Crippen LogP contribution in [0.1, 0.15) is 28.1 Å². The molecule has 174 valence electrons. The molecule has 1 atom stereocenters. The highest BCUT2D eigenvalue weighted by atomic mass is 35.5. The van der Waals surface area contributed by atoms with Crippen molar-refractivity contribution in [3.05, 3.63) is 76.3 Å². The number of anilines is 1. The van der Waals surface area contributed by atoms with E-state index >= 15 is 0 Å². The molecule has 0 aliphatic carbocycles. The standard InChI is InChI=1S/C26H23ClFN3O3/c1-30-10-9-17(14-30)31(2)26(33)15-3-6-22(27)21(11-15)24-8-5-18(34-24)13-20-19-12-16(28)4-7-23(19)29-25(20)32/h3-8,11-13,17H,9-10,14H2,1-2H3,(H,29,32)/b20-13+. The Bertz CT molecular complexity index is 1330. The highest BCUT2D eigenvalue weighted by molar-refractivity contribution is 6.35. The molecule has 0 radical (unpaired) electrons. The van der Waals surface area contributed by atoms with Gasteiger partial charge in [-0.3, -0.25) is 9.59 Å². The smallest absolute Gasteiger partial charge is 0.256 e. The highest BCUT2D eigenvalue weighted by Crippen LogP contribution is 2.36. The maximum Gasteiger partial charge on any atom is 0.256 e. The Labute approximate surface area is 201 Å². The van der Waals surface area contributed by atoms with Crippen molar-refractivity contribution < 1.29 is 18.4 Å². The van der Waals surface area contributed by atoms with Gasteiger partial charge in [0.25, 0.3) is 11.8 Å². The van der Waals surface area contributed by atoms with Gasteiger partial charge in [0.05, 0.1) is 10.6 Å². The number of hydrogen-bond donors (Lipinski definition) is 1. The van der Waals surface area contributed by atoms with E-state index in [1.54, 1.807) is 41.3 Å². The lowest BCUT2D eigenvalue weighted by atomic mass is 10.1. The number of rotatable bonds is 4. The van der Waals surface area contributed by atoms with Crippen LogP contribution in [-0.2, 0) is 4.79 Å². The number of likely N-dealkylation sites (tertiary alicyclic amines) is 1. The van der Waals surface area contributed by atoms with E-state index in [2.05, 4.69) is 10.2 Å². The van der Waals surface area contributed by atoms with Crippen LogP contribution in [0.3, 0.4) is 0 Å². The first-order valence-corrected chi connectivity index (χ1v) is 11.4. The quantitative estimate of drug-likeness (QED) is 0.534. The Morgan fingerprint density at radius 1 is 1.21 bits per heavy atom. The first-order valence-electron chi connectivity index (χ1n) is 11.0. The lowest BCUT2D eigenvalue weighted by Crippen LogP contribution is -2.38. The Kier molecular flexibility index (Phi) is 5.75. The van der Waals surface area contributed by atoms with Crippen molar-refractivity contribution in [1.29, 1.82) is 0 Å². The van der Waals surface area contributed by atoms with E-state index in [9.17, 15) is 14.0 Å². The highest BCUT2D eigenvalue weighted by Gasteiger charge is 2.28. The molecule has 2 amide bonds. The largest absolute Gasteiger partial charge is 0.457 e. The summed E-state index contributed by atoms with van der Waals surface area (Å²) in [5.74, 6) is 0.0469. The summed E-state index contributed by atoms with van der Waals surface area (Å²) in [5.41, 5.74) is 2.45. The summed E-state index contributed by atoms with van der Waals surface area (Å²) in [4.78, 5) is 29.5. The van der Waals surface area contributed by atoms with Gasteiger partial charge in [-0.25, -0.2) is 4.39 Å². The number of furan rings is 1. The van der Waals surface area contributed by atoms with Crippen LogP contribution in [0.4, 0.5) is 10.1 Å². The van der Waals surface area contributed by atoms with Crippen molar-refractivity contribution in [1.82, 2.24) is 9.80 Å². The fourth-order valence-electron chi connectivity index (χ4n) is 4.47.